The van der Waals surface area contributed by atoms with Gasteiger partial charge in [-0.1, -0.05) is 30.7 Å². The van der Waals surface area contributed by atoms with Crippen LogP contribution in [-0.4, -0.2) is 47.2 Å². The van der Waals surface area contributed by atoms with Crippen molar-refractivity contribution in [3.8, 4) is 0 Å². The Morgan fingerprint density at radius 2 is 1.64 bits per heavy atom. The lowest BCUT2D eigenvalue weighted by molar-refractivity contribution is -0.144. The molecule has 4 nitrogen and oxygen atoms in total. The molecular weight excluding hydrogens is 392 g/mol. The van der Waals surface area contributed by atoms with Crippen LogP contribution in [0.3, 0.4) is 0 Å². The van der Waals surface area contributed by atoms with Gasteiger partial charge in [-0.05, 0) is 46.0 Å². The molecule has 2 rings (SSSR count). The Labute approximate surface area is 179 Å². The smallest absolute Gasteiger partial charge is 0.305 e. The lowest BCUT2D eigenvalue weighted by atomic mass is 10.1. The minimum atomic E-state index is -0.0609. The number of allylic oxidation sites excluding steroid dienone is 1. The minimum Gasteiger partial charge on any atom is -0.466 e. The summed E-state index contributed by atoms with van der Waals surface area (Å²) in [5.41, 5.74) is 0. The molecular formula is C22H36O4S2. The van der Waals surface area contributed by atoms with Gasteiger partial charge < -0.3 is 9.47 Å². The molecule has 160 valence electrons. The van der Waals surface area contributed by atoms with E-state index in [0.29, 0.717) is 31.3 Å². The molecule has 0 aromatic rings. The highest BCUT2D eigenvalue weighted by molar-refractivity contribution is 8.07. The van der Waals surface area contributed by atoms with E-state index in [-0.39, 0.29) is 11.9 Å². The predicted molar refractivity (Wildman–Crippen MR) is 121 cm³/mol. The highest BCUT2D eigenvalue weighted by atomic mass is 32.2. The first kappa shape index (κ1) is 25.2. The second-order valence-electron chi connectivity index (χ2n) is 6.70. The molecule has 2 heterocycles. The zero-order valence-electron chi connectivity index (χ0n) is 17.4. The number of esters is 2. The van der Waals surface area contributed by atoms with Crippen molar-refractivity contribution in [2.24, 2.45) is 0 Å². The monoisotopic (exact) mass is 428 g/mol. The van der Waals surface area contributed by atoms with E-state index in [0.717, 1.165) is 43.1 Å². The molecule has 0 amide bonds. The average molecular weight is 429 g/mol. The Kier molecular flexibility index (Phi) is 15.3. The van der Waals surface area contributed by atoms with E-state index in [4.69, 9.17) is 9.47 Å². The van der Waals surface area contributed by atoms with Crippen LogP contribution in [-0.2, 0) is 19.1 Å². The molecule has 0 aliphatic carbocycles. The topological polar surface area (TPSA) is 52.6 Å². The van der Waals surface area contributed by atoms with Crippen LogP contribution in [0.15, 0.2) is 24.3 Å². The Bertz CT molecular complexity index is 487. The Balaban J connectivity index is 0.000000280. The van der Waals surface area contributed by atoms with E-state index in [1.807, 2.05) is 37.4 Å². The van der Waals surface area contributed by atoms with E-state index in [1.54, 1.807) is 0 Å². The molecule has 0 saturated carbocycles. The largest absolute Gasteiger partial charge is 0.466 e. The zero-order valence-corrected chi connectivity index (χ0v) is 19.0. The number of thioether (sulfide) groups is 2. The summed E-state index contributed by atoms with van der Waals surface area (Å²) in [5.74, 6) is 2.33. The summed E-state index contributed by atoms with van der Waals surface area (Å²) in [7, 11) is 0. The fraction of sp³-hybridized carbons (Fsp3) is 0.727. The molecule has 2 aliphatic heterocycles. The maximum absolute atomic E-state index is 11.0. The van der Waals surface area contributed by atoms with Gasteiger partial charge in [0.05, 0.1) is 13.2 Å². The highest BCUT2D eigenvalue weighted by Crippen LogP contribution is 2.31. The molecule has 2 unspecified atom stereocenters. The summed E-state index contributed by atoms with van der Waals surface area (Å²) in [5, 5.41) is 1.48. The second kappa shape index (κ2) is 17.0. The first-order valence-corrected chi connectivity index (χ1v) is 12.6. The third-order valence-electron chi connectivity index (χ3n) is 4.20. The van der Waals surface area contributed by atoms with Crippen LogP contribution >= 0.6 is 23.5 Å². The molecule has 0 radical (unpaired) electrons. The average Bonchev–Trinajstić information content (AvgIpc) is 3.35. The third kappa shape index (κ3) is 15.1. The molecule has 0 N–H and O–H groups in total. The van der Waals surface area contributed by atoms with Gasteiger partial charge in [0.15, 0.2) is 0 Å². The fourth-order valence-electron chi connectivity index (χ4n) is 2.65. The lowest BCUT2D eigenvalue weighted by Crippen LogP contribution is -2.04. The number of carbonyl (C=O) groups is 2. The molecule has 0 bridgehead atoms. The fourth-order valence-corrected chi connectivity index (χ4v) is 4.12. The second-order valence-corrected chi connectivity index (χ2v) is 9.25. The van der Waals surface area contributed by atoms with Crippen LogP contribution in [0.5, 0.6) is 0 Å². The number of hydrogen-bond donors (Lipinski definition) is 0. The van der Waals surface area contributed by atoms with Crippen molar-refractivity contribution < 1.29 is 19.1 Å². The van der Waals surface area contributed by atoms with Crippen molar-refractivity contribution >= 4 is 35.5 Å². The maximum Gasteiger partial charge on any atom is 0.305 e. The van der Waals surface area contributed by atoms with Crippen molar-refractivity contribution in [2.75, 3.05) is 24.7 Å². The van der Waals surface area contributed by atoms with Crippen molar-refractivity contribution in [2.45, 2.75) is 75.7 Å². The molecule has 28 heavy (non-hydrogen) atoms. The summed E-state index contributed by atoms with van der Waals surface area (Å²) < 4.78 is 9.69. The van der Waals surface area contributed by atoms with Gasteiger partial charge in [-0.25, -0.2) is 0 Å². The predicted octanol–water partition coefficient (Wildman–Crippen LogP) is 5.56. The van der Waals surface area contributed by atoms with Gasteiger partial charge in [0.25, 0.3) is 0 Å². The molecule has 2 atom stereocenters. The molecule has 6 heteroatoms. The molecule has 1 saturated heterocycles. The van der Waals surface area contributed by atoms with E-state index in [1.165, 1.54) is 12.2 Å². The number of rotatable bonds is 13. The molecule has 1 fully saturated rings. The summed E-state index contributed by atoms with van der Waals surface area (Å²) in [6, 6.07) is 0. The van der Waals surface area contributed by atoms with Crippen LogP contribution in [0.2, 0.25) is 0 Å². The summed E-state index contributed by atoms with van der Waals surface area (Å²) >= 11 is 3.97. The van der Waals surface area contributed by atoms with Crippen molar-refractivity contribution in [1.82, 2.24) is 0 Å². The minimum absolute atomic E-state index is 0.0536. The number of unbranched alkanes of at least 4 members (excludes halogenated alkanes) is 3. The van der Waals surface area contributed by atoms with Gasteiger partial charge in [0, 0.05) is 34.8 Å². The first-order valence-electron chi connectivity index (χ1n) is 10.5. The molecule has 0 aromatic heterocycles. The van der Waals surface area contributed by atoms with E-state index in [9.17, 15) is 9.59 Å². The summed E-state index contributed by atoms with van der Waals surface area (Å²) in [6.07, 6.45) is 16.6. The van der Waals surface area contributed by atoms with Gasteiger partial charge in [-0.15, -0.1) is 0 Å². The molecule has 0 aromatic carbocycles. The normalized spacial score (nSPS) is 19.9. The first-order chi connectivity index (χ1) is 13.7. The Morgan fingerprint density at radius 3 is 2.18 bits per heavy atom. The lowest BCUT2D eigenvalue weighted by Gasteiger charge is -2.06. The number of ether oxygens (including phenoxy) is 2. The van der Waals surface area contributed by atoms with E-state index >= 15 is 0 Å². The number of hydrogen-bond acceptors (Lipinski definition) is 6. The maximum atomic E-state index is 11.0. The third-order valence-corrected chi connectivity index (χ3v) is 6.28. The van der Waals surface area contributed by atoms with Crippen LogP contribution < -0.4 is 0 Å². The Hall–Kier alpha value is -0.880. The Morgan fingerprint density at radius 1 is 1.00 bits per heavy atom. The zero-order chi connectivity index (χ0) is 20.5. The van der Waals surface area contributed by atoms with Gasteiger partial charge in [-0.3, -0.25) is 9.59 Å². The van der Waals surface area contributed by atoms with Gasteiger partial charge in [0.1, 0.15) is 0 Å². The van der Waals surface area contributed by atoms with Crippen LogP contribution in [0.25, 0.3) is 0 Å². The van der Waals surface area contributed by atoms with Crippen LogP contribution in [0.1, 0.15) is 65.2 Å². The molecule has 0 spiro atoms. The quantitative estimate of drug-likeness (QED) is 0.166. The number of carbonyl (C=O) groups excluding carboxylic acids is 2. The highest BCUT2D eigenvalue weighted by Gasteiger charge is 2.17. The van der Waals surface area contributed by atoms with E-state index < -0.39 is 0 Å². The van der Waals surface area contributed by atoms with Gasteiger partial charge >= 0.3 is 11.9 Å². The van der Waals surface area contributed by atoms with Crippen molar-refractivity contribution in [3.63, 3.8) is 0 Å². The van der Waals surface area contributed by atoms with E-state index in [2.05, 4.69) is 24.3 Å². The summed E-state index contributed by atoms with van der Waals surface area (Å²) in [4.78, 5) is 21.9. The van der Waals surface area contributed by atoms with Gasteiger partial charge in [0.2, 0.25) is 0 Å². The van der Waals surface area contributed by atoms with Crippen LogP contribution in [0, 0.1) is 0 Å². The summed E-state index contributed by atoms with van der Waals surface area (Å²) in [6.45, 7) is 4.68. The standard InChI is InChI=1S/2C11H18O2S/c1-2-13-11(12)8-4-3-6-10-7-5-9-14-10;1-2-13-11(12)8-6-4-3-5-7-10-9-14-10/h2*5,7,10H,2-4,6,8-9H2,1H3/b;7-5+. The van der Waals surface area contributed by atoms with Crippen molar-refractivity contribution in [3.05, 3.63) is 24.3 Å². The van der Waals surface area contributed by atoms with Crippen molar-refractivity contribution in [1.29, 1.82) is 0 Å². The van der Waals surface area contributed by atoms with Crippen LogP contribution in [0.4, 0.5) is 0 Å². The SMILES string of the molecule is CCOC(=O)CCCC/C=C/C1CS1.CCOC(=O)CCCCC1C=CCS1. The van der Waals surface area contributed by atoms with Gasteiger partial charge in [-0.2, -0.15) is 23.5 Å². The molecule has 2 aliphatic rings.